The summed E-state index contributed by atoms with van der Waals surface area (Å²) in [7, 11) is 0. The minimum absolute atomic E-state index is 0.339. The predicted octanol–water partition coefficient (Wildman–Crippen LogP) is 6.95. The molecular weight excluding hydrogens is 500 g/mol. The fourth-order valence-corrected chi connectivity index (χ4v) is 4.29. The molecule has 0 bridgehead atoms. The fraction of sp³-hybridized carbons (Fsp3) is 0.0882. The maximum absolute atomic E-state index is 12.8. The summed E-state index contributed by atoms with van der Waals surface area (Å²) in [6, 6.07) is 36.1. The second kappa shape index (κ2) is 12.1. The minimum atomic E-state index is -0.786. The molecule has 0 saturated carbocycles. The standard InChI is InChI=1S/C34H28N2O4/c1-23-9-8-13-28(21-23)34(38)40-32-20-17-27-12-6-7-14-30(27)31(32)22-35-36-33(37)24(2)39-29-18-15-26(16-19-29)25-10-4-3-5-11-25/h3-22,24H,1-2H3,(H,36,37)/b35-22+. The molecule has 1 unspecified atom stereocenters. The first-order chi connectivity index (χ1) is 19.5. The van der Waals surface area contributed by atoms with Crippen LogP contribution in [0.25, 0.3) is 21.9 Å². The van der Waals surface area contributed by atoms with Gasteiger partial charge in [-0.15, -0.1) is 0 Å². The van der Waals surface area contributed by atoms with Crippen LogP contribution in [0.3, 0.4) is 0 Å². The average Bonchev–Trinajstić information content (AvgIpc) is 2.98. The van der Waals surface area contributed by atoms with Crippen molar-refractivity contribution >= 4 is 28.9 Å². The Morgan fingerprint density at radius 1 is 0.800 bits per heavy atom. The van der Waals surface area contributed by atoms with Gasteiger partial charge in [0.05, 0.1) is 11.8 Å². The Morgan fingerprint density at radius 3 is 2.30 bits per heavy atom. The quantitative estimate of drug-likeness (QED) is 0.102. The number of carbonyl (C=O) groups is 2. The van der Waals surface area contributed by atoms with Gasteiger partial charge in [-0.2, -0.15) is 5.10 Å². The number of ether oxygens (including phenoxy) is 2. The number of hydrogen-bond acceptors (Lipinski definition) is 5. The summed E-state index contributed by atoms with van der Waals surface area (Å²) in [5.41, 5.74) is 6.68. The molecule has 0 saturated heterocycles. The summed E-state index contributed by atoms with van der Waals surface area (Å²) < 4.78 is 11.6. The van der Waals surface area contributed by atoms with Crippen LogP contribution in [-0.4, -0.2) is 24.2 Å². The van der Waals surface area contributed by atoms with Crippen LogP contribution in [0.4, 0.5) is 0 Å². The van der Waals surface area contributed by atoms with Crippen molar-refractivity contribution in [3.63, 3.8) is 0 Å². The smallest absolute Gasteiger partial charge is 0.343 e. The van der Waals surface area contributed by atoms with Gasteiger partial charge in [-0.25, -0.2) is 10.2 Å². The van der Waals surface area contributed by atoms with E-state index in [-0.39, 0.29) is 0 Å². The Labute approximate surface area is 232 Å². The highest BCUT2D eigenvalue weighted by molar-refractivity contribution is 6.04. The van der Waals surface area contributed by atoms with Gasteiger partial charge in [-0.3, -0.25) is 4.79 Å². The molecule has 0 heterocycles. The molecule has 0 aromatic heterocycles. The van der Waals surface area contributed by atoms with Crippen molar-refractivity contribution in [3.05, 3.63) is 132 Å². The molecule has 1 amide bonds. The van der Waals surface area contributed by atoms with E-state index in [1.54, 1.807) is 25.1 Å². The molecule has 5 aromatic carbocycles. The van der Waals surface area contributed by atoms with E-state index in [2.05, 4.69) is 10.5 Å². The molecule has 198 valence electrons. The minimum Gasteiger partial charge on any atom is -0.481 e. The summed E-state index contributed by atoms with van der Waals surface area (Å²) in [6.45, 7) is 3.57. The number of esters is 1. The van der Waals surface area contributed by atoms with E-state index >= 15 is 0 Å². The number of nitrogens with zero attached hydrogens (tertiary/aromatic N) is 1. The van der Waals surface area contributed by atoms with Crippen molar-refractivity contribution < 1.29 is 19.1 Å². The zero-order valence-electron chi connectivity index (χ0n) is 22.2. The number of rotatable bonds is 8. The second-order valence-electron chi connectivity index (χ2n) is 9.34. The molecule has 1 N–H and O–H groups in total. The third-order valence-electron chi connectivity index (χ3n) is 6.40. The number of amides is 1. The SMILES string of the molecule is Cc1cccc(C(=O)Oc2ccc3ccccc3c2/C=N/NC(=O)C(C)Oc2ccc(-c3ccccc3)cc2)c1. The highest BCUT2D eigenvalue weighted by Crippen LogP contribution is 2.28. The first-order valence-corrected chi connectivity index (χ1v) is 12.9. The summed E-state index contributed by atoms with van der Waals surface area (Å²) >= 11 is 0. The molecule has 0 aliphatic rings. The molecule has 6 heteroatoms. The molecule has 0 spiro atoms. The van der Waals surface area contributed by atoms with Crippen molar-refractivity contribution in [2.45, 2.75) is 20.0 Å². The fourth-order valence-electron chi connectivity index (χ4n) is 4.29. The first-order valence-electron chi connectivity index (χ1n) is 12.9. The van der Waals surface area contributed by atoms with E-state index in [1.807, 2.05) is 104 Å². The van der Waals surface area contributed by atoms with Gasteiger partial charge in [0, 0.05) is 5.56 Å². The third-order valence-corrected chi connectivity index (χ3v) is 6.40. The molecule has 5 rings (SSSR count). The molecule has 1 atom stereocenters. The molecule has 0 radical (unpaired) electrons. The number of aryl methyl sites for hydroxylation is 1. The number of hydrogen-bond donors (Lipinski definition) is 1. The lowest BCUT2D eigenvalue weighted by Gasteiger charge is -2.14. The van der Waals surface area contributed by atoms with Gasteiger partial charge < -0.3 is 9.47 Å². The van der Waals surface area contributed by atoms with Crippen LogP contribution in [0.15, 0.2) is 120 Å². The number of hydrazone groups is 1. The van der Waals surface area contributed by atoms with Gasteiger partial charge in [-0.1, -0.05) is 90.5 Å². The molecular formula is C34H28N2O4. The lowest BCUT2D eigenvalue weighted by atomic mass is 10.0. The van der Waals surface area contributed by atoms with E-state index in [4.69, 9.17) is 9.47 Å². The van der Waals surface area contributed by atoms with Crippen molar-refractivity contribution in [3.8, 4) is 22.6 Å². The van der Waals surface area contributed by atoms with Crippen LogP contribution in [-0.2, 0) is 4.79 Å². The van der Waals surface area contributed by atoms with Gasteiger partial charge >= 0.3 is 5.97 Å². The highest BCUT2D eigenvalue weighted by atomic mass is 16.5. The topological polar surface area (TPSA) is 77.0 Å². The van der Waals surface area contributed by atoms with Gasteiger partial charge in [-0.05, 0) is 66.1 Å². The summed E-state index contributed by atoms with van der Waals surface area (Å²) in [4.78, 5) is 25.6. The second-order valence-corrected chi connectivity index (χ2v) is 9.34. The number of fused-ring (bicyclic) bond motifs is 1. The number of nitrogens with one attached hydrogen (secondary N) is 1. The van der Waals surface area contributed by atoms with E-state index in [0.717, 1.165) is 27.5 Å². The van der Waals surface area contributed by atoms with Crippen molar-refractivity contribution in [1.82, 2.24) is 5.43 Å². The zero-order valence-corrected chi connectivity index (χ0v) is 22.2. The zero-order chi connectivity index (χ0) is 27.9. The van der Waals surface area contributed by atoms with Crippen LogP contribution >= 0.6 is 0 Å². The van der Waals surface area contributed by atoms with E-state index in [0.29, 0.717) is 22.6 Å². The summed E-state index contributed by atoms with van der Waals surface area (Å²) in [5, 5.41) is 5.94. The number of benzene rings is 5. The Hall–Kier alpha value is -5.23. The Balaban J connectivity index is 1.28. The van der Waals surface area contributed by atoms with E-state index < -0.39 is 18.0 Å². The van der Waals surface area contributed by atoms with Crippen LogP contribution in [0, 0.1) is 6.92 Å². The van der Waals surface area contributed by atoms with Crippen molar-refractivity contribution in [2.75, 3.05) is 0 Å². The largest absolute Gasteiger partial charge is 0.481 e. The lowest BCUT2D eigenvalue weighted by Crippen LogP contribution is -2.33. The maximum atomic E-state index is 12.8. The Bertz CT molecular complexity index is 1680. The van der Waals surface area contributed by atoms with Gasteiger partial charge in [0.25, 0.3) is 5.91 Å². The third kappa shape index (κ3) is 6.25. The first kappa shape index (κ1) is 26.4. The van der Waals surface area contributed by atoms with E-state index in [9.17, 15) is 9.59 Å². The highest BCUT2D eigenvalue weighted by Gasteiger charge is 2.16. The molecule has 40 heavy (non-hydrogen) atoms. The normalized spacial score (nSPS) is 11.8. The van der Waals surface area contributed by atoms with Crippen LogP contribution in [0.2, 0.25) is 0 Å². The summed E-state index contributed by atoms with van der Waals surface area (Å²) in [6.07, 6.45) is 0.700. The molecule has 5 aromatic rings. The van der Waals surface area contributed by atoms with Crippen molar-refractivity contribution in [1.29, 1.82) is 0 Å². The van der Waals surface area contributed by atoms with Crippen LogP contribution in [0.5, 0.6) is 11.5 Å². The van der Waals surface area contributed by atoms with Gasteiger partial charge in [0.1, 0.15) is 11.5 Å². The molecule has 0 aliphatic carbocycles. The molecule has 0 aliphatic heterocycles. The van der Waals surface area contributed by atoms with Crippen LogP contribution < -0.4 is 14.9 Å². The van der Waals surface area contributed by atoms with Gasteiger partial charge in [0.15, 0.2) is 6.10 Å². The van der Waals surface area contributed by atoms with E-state index in [1.165, 1.54) is 6.21 Å². The molecule has 6 nitrogen and oxygen atoms in total. The Morgan fingerprint density at radius 2 is 1.52 bits per heavy atom. The van der Waals surface area contributed by atoms with Crippen LogP contribution in [0.1, 0.15) is 28.4 Å². The average molecular weight is 529 g/mol. The Kier molecular flexibility index (Phi) is 7.97. The summed E-state index contributed by atoms with van der Waals surface area (Å²) in [5.74, 6) is 0.0246. The maximum Gasteiger partial charge on any atom is 0.343 e. The predicted molar refractivity (Wildman–Crippen MR) is 158 cm³/mol. The number of carbonyl (C=O) groups excluding carboxylic acids is 2. The van der Waals surface area contributed by atoms with Gasteiger partial charge in [0.2, 0.25) is 0 Å². The molecule has 0 fully saturated rings. The van der Waals surface area contributed by atoms with Crippen molar-refractivity contribution in [2.24, 2.45) is 5.10 Å². The lowest BCUT2D eigenvalue weighted by molar-refractivity contribution is -0.127. The monoisotopic (exact) mass is 528 g/mol.